The molecule has 42 heavy (non-hydrogen) atoms. The Balaban J connectivity index is 1.57. The molecule has 10 nitrogen and oxygen atoms in total. The van der Waals surface area contributed by atoms with Crippen LogP contribution in [-0.4, -0.2) is 47.5 Å². The summed E-state index contributed by atoms with van der Waals surface area (Å²) in [4.78, 5) is 24.8. The molecule has 4 aromatic rings. The minimum atomic E-state index is -2.95. The van der Waals surface area contributed by atoms with Crippen molar-refractivity contribution in [2.45, 2.75) is 30.5 Å². The molecule has 1 aliphatic rings. The molecule has 1 aliphatic heterocycles. The molecule has 0 aliphatic carbocycles. The van der Waals surface area contributed by atoms with E-state index in [0.717, 1.165) is 16.7 Å². The van der Waals surface area contributed by atoms with Crippen LogP contribution in [0.3, 0.4) is 0 Å². The molecule has 2 N–H and O–H groups in total. The largest absolute Gasteiger partial charge is 0.695 e. The van der Waals surface area contributed by atoms with Crippen molar-refractivity contribution in [3.63, 3.8) is 0 Å². The minimum absolute atomic E-state index is 0.0467. The average molecular weight is 610 g/mol. The van der Waals surface area contributed by atoms with Crippen LogP contribution in [0.4, 0.5) is 0 Å². The Hall–Kier alpha value is -3.70. The Kier molecular flexibility index (Phi) is 9.27. The van der Waals surface area contributed by atoms with Gasteiger partial charge in [-0.1, -0.05) is 66.8 Å². The zero-order chi connectivity index (χ0) is 29.7. The molecule has 5 rings (SSSR count). The second-order valence-corrected chi connectivity index (χ2v) is 10.7. The number of methoxy groups -OCH3 is 2. The van der Waals surface area contributed by atoms with Gasteiger partial charge in [-0.2, -0.15) is 0 Å². The molecule has 218 valence electrons. The van der Waals surface area contributed by atoms with Crippen molar-refractivity contribution in [2.75, 3.05) is 20.8 Å². The lowest BCUT2D eigenvalue weighted by Gasteiger charge is -2.37. The van der Waals surface area contributed by atoms with Gasteiger partial charge in [-0.15, -0.1) is 9.42 Å². The average Bonchev–Trinajstić information content (AvgIpc) is 3.40. The lowest BCUT2D eigenvalue weighted by Crippen LogP contribution is -2.38. The number of aromatic amines is 1. The number of ether oxygens (including phenoxy) is 4. The topological polar surface area (TPSA) is 121 Å². The fourth-order valence-corrected chi connectivity index (χ4v) is 5.79. The van der Waals surface area contributed by atoms with Crippen LogP contribution < -0.4 is 15.2 Å². The van der Waals surface area contributed by atoms with E-state index in [1.807, 2.05) is 78.9 Å². The van der Waals surface area contributed by atoms with E-state index in [4.69, 9.17) is 35.7 Å². The molecule has 1 fully saturated rings. The van der Waals surface area contributed by atoms with E-state index in [1.165, 1.54) is 10.8 Å². The number of hydrogen-bond acceptors (Lipinski definition) is 8. The lowest BCUT2D eigenvalue weighted by atomic mass is 9.80. The number of nitrogens with one attached hydrogen (secondary N) is 1. The van der Waals surface area contributed by atoms with E-state index >= 15 is 0 Å². The van der Waals surface area contributed by atoms with Crippen LogP contribution in [0, 0.1) is 4.64 Å². The highest BCUT2D eigenvalue weighted by atomic mass is 32.1. The highest BCUT2D eigenvalue weighted by Crippen LogP contribution is 2.43. The summed E-state index contributed by atoms with van der Waals surface area (Å²) in [5, 5.41) is 0. The SMILES string of the molecule is COc1ccc(C(OC[C@H]2O[C@@H](n3ccc(=S)[nH]c3=O)C[C@@H]2O[P+](=O)O)(c2ccccc2)c2ccc(OC)cc2)cc1. The Bertz CT molecular complexity index is 1580. The van der Waals surface area contributed by atoms with Crippen LogP contribution in [-0.2, 0) is 24.2 Å². The van der Waals surface area contributed by atoms with Crippen LogP contribution in [0.25, 0.3) is 0 Å². The number of hydrogen-bond donors (Lipinski definition) is 2. The first-order valence-corrected chi connectivity index (χ1v) is 14.7. The summed E-state index contributed by atoms with van der Waals surface area (Å²) in [7, 11) is 0.258. The van der Waals surface area contributed by atoms with Crippen molar-refractivity contribution in [3.05, 3.63) is 123 Å². The van der Waals surface area contributed by atoms with Gasteiger partial charge in [-0.05, 0) is 47.0 Å². The summed E-state index contributed by atoms with van der Waals surface area (Å²) >= 11 is 5.05. The Morgan fingerprint density at radius 2 is 1.52 bits per heavy atom. The van der Waals surface area contributed by atoms with Crippen molar-refractivity contribution in [2.24, 2.45) is 0 Å². The van der Waals surface area contributed by atoms with Gasteiger partial charge in [-0.3, -0.25) is 9.55 Å². The van der Waals surface area contributed by atoms with Crippen molar-refractivity contribution >= 4 is 20.5 Å². The number of benzene rings is 3. The van der Waals surface area contributed by atoms with Gasteiger partial charge in [0.1, 0.15) is 40.2 Å². The zero-order valence-electron chi connectivity index (χ0n) is 22.9. The minimum Gasteiger partial charge on any atom is -0.497 e. The van der Waals surface area contributed by atoms with Gasteiger partial charge in [0.25, 0.3) is 0 Å². The van der Waals surface area contributed by atoms with E-state index in [1.54, 1.807) is 20.3 Å². The maximum atomic E-state index is 12.6. The monoisotopic (exact) mass is 609 g/mol. The van der Waals surface area contributed by atoms with Gasteiger partial charge < -0.3 is 18.9 Å². The van der Waals surface area contributed by atoms with Crippen molar-refractivity contribution in [1.29, 1.82) is 0 Å². The summed E-state index contributed by atoms with van der Waals surface area (Å²) in [6.45, 7) is -0.0467. The third kappa shape index (κ3) is 6.22. The summed E-state index contributed by atoms with van der Waals surface area (Å²) in [6, 6.07) is 26.4. The standard InChI is InChI=1S/C30H29N2O8PS/c1-36-23-12-8-21(9-13-23)30(20-6-4-3-5-7-20,22-10-14-24(37-2)15-11-22)38-19-26-25(40-41(34)35)18-28(39-26)32-17-16-27(42)31-29(32)33/h3-17,25-26,28H,18-19H2,1-2H3,(H-,31,33,34,35,42)/p+1/t25-,26+,28+/m0/s1. The number of nitrogens with zero attached hydrogens (tertiary/aromatic N) is 1. The molecule has 4 atom stereocenters. The highest BCUT2D eigenvalue weighted by molar-refractivity contribution is 7.71. The molecule has 2 heterocycles. The Morgan fingerprint density at radius 3 is 2.05 bits per heavy atom. The zero-order valence-corrected chi connectivity index (χ0v) is 24.6. The van der Waals surface area contributed by atoms with Gasteiger partial charge in [-0.25, -0.2) is 4.79 Å². The number of rotatable bonds is 11. The first-order valence-electron chi connectivity index (χ1n) is 13.1. The van der Waals surface area contributed by atoms with E-state index < -0.39 is 38.0 Å². The second-order valence-electron chi connectivity index (χ2n) is 9.58. The first-order chi connectivity index (χ1) is 20.3. The first kappa shape index (κ1) is 29.8. The van der Waals surface area contributed by atoms with Gasteiger partial charge in [0, 0.05) is 17.2 Å². The molecule has 0 radical (unpaired) electrons. The van der Waals surface area contributed by atoms with E-state index in [-0.39, 0.29) is 17.7 Å². The lowest BCUT2D eigenvalue weighted by molar-refractivity contribution is -0.0917. The molecular formula is C30H30N2O8PS+. The van der Waals surface area contributed by atoms with Gasteiger partial charge in [0.15, 0.2) is 0 Å². The van der Waals surface area contributed by atoms with Crippen molar-refractivity contribution in [1.82, 2.24) is 9.55 Å². The third-order valence-corrected chi connectivity index (χ3v) is 7.89. The third-order valence-electron chi connectivity index (χ3n) is 7.20. The van der Waals surface area contributed by atoms with Gasteiger partial charge in [0.2, 0.25) is 0 Å². The van der Waals surface area contributed by atoms with Gasteiger partial charge >= 0.3 is 13.9 Å². The fraction of sp³-hybridized carbons (Fsp3) is 0.267. The fourth-order valence-electron chi connectivity index (χ4n) is 5.18. The molecule has 1 aromatic heterocycles. The van der Waals surface area contributed by atoms with Crippen molar-refractivity contribution in [3.8, 4) is 11.5 Å². The molecule has 0 amide bonds. The Labute approximate surface area is 248 Å². The van der Waals surface area contributed by atoms with E-state index in [9.17, 15) is 14.3 Å². The molecule has 12 heteroatoms. The molecule has 0 bridgehead atoms. The predicted molar refractivity (Wildman–Crippen MR) is 157 cm³/mol. The van der Waals surface area contributed by atoms with E-state index in [0.29, 0.717) is 11.5 Å². The molecule has 0 saturated carbocycles. The smallest absolute Gasteiger partial charge is 0.497 e. The molecule has 1 unspecified atom stereocenters. The number of aromatic nitrogens is 2. The Morgan fingerprint density at radius 1 is 0.952 bits per heavy atom. The quantitative estimate of drug-likeness (QED) is 0.133. The van der Waals surface area contributed by atoms with Crippen LogP contribution in [0.15, 0.2) is 95.9 Å². The van der Waals surface area contributed by atoms with Crippen LogP contribution in [0.1, 0.15) is 29.3 Å². The summed E-state index contributed by atoms with van der Waals surface area (Å²) < 4.78 is 42.7. The highest BCUT2D eigenvalue weighted by Gasteiger charge is 2.45. The van der Waals surface area contributed by atoms with Gasteiger partial charge in [0.05, 0.1) is 20.8 Å². The summed E-state index contributed by atoms with van der Waals surface area (Å²) in [5.41, 5.74) is 0.865. The maximum Gasteiger partial charge on any atom is 0.695 e. The summed E-state index contributed by atoms with van der Waals surface area (Å²) in [5.74, 6) is 1.37. The maximum absolute atomic E-state index is 12.6. The van der Waals surface area contributed by atoms with E-state index in [2.05, 4.69) is 4.98 Å². The van der Waals surface area contributed by atoms with Crippen LogP contribution in [0.5, 0.6) is 11.5 Å². The molecule has 3 aromatic carbocycles. The number of H-pyrrole nitrogens is 1. The second kappa shape index (κ2) is 13.1. The van der Waals surface area contributed by atoms with Crippen molar-refractivity contribution < 1.29 is 32.9 Å². The van der Waals surface area contributed by atoms with Crippen LogP contribution in [0.2, 0.25) is 0 Å². The molecular weight excluding hydrogens is 579 g/mol. The summed E-state index contributed by atoms with van der Waals surface area (Å²) in [6.07, 6.45) is -0.738. The van der Waals surface area contributed by atoms with Crippen LogP contribution >= 0.6 is 20.5 Å². The normalized spacial score (nSPS) is 18.9. The predicted octanol–water partition coefficient (Wildman–Crippen LogP) is 5.25. The molecule has 1 saturated heterocycles. The molecule has 0 spiro atoms.